The van der Waals surface area contributed by atoms with E-state index in [1.807, 2.05) is 14.0 Å². The highest BCUT2D eigenvalue weighted by Crippen LogP contribution is 2.14. The fourth-order valence-corrected chi connectivity index (χ4v) is 1.39. The van der Waals surface area contributed by atoms with Crippen molar-refractivity contribution in [3.05, 3.63) is 0 Å². The maximum absolute atomic E-state index is 11.5. The lowest BCUT2D eigenvalue weighted by molar-refractivity contribution is -0.144. The first-order valence-corrected chi connectivity index (χ1v) is 5.16. The molecule has 1 aliphatic heterocycles. The van der Waals surface area contributed by atoms with Crippen molar-refractivity contribution in [1.82, 2.24) is 10.2 Å². The predicted molar refractivity (Wildman–Crippen MR) is 55.2 cm³/mol. The van der Waals surface area contributed by atoms with Gasteiger partial charge in [-0.2, -0.15) is 0 Å². The molecule has 1 aliphatic rings. The Morgan fingerprint density at radius 3 is 2.64 bits per heavy atom. The summed E-state index contributed by atoms with van der Waals surface area (Å²) in [4.78, 5) is 13.2. The molecular formula is C10H20N2O2. The van der Waals surface area contributed by atoms with Crippen molar-refractivity contribution in [2.45, 2.75) is 25.9 Å². The van der Waals surface area contributed by atoms with Crippen LogP contribution < -0.4 is 5.32 Å². The van der Waals surface area contributed by atoms with Gasteiger partial charge in [-0.1, -0.05) is 6.92 Å². The number of nitrogens with one attached hydrogen (secondary N) is 1. The molecule has 4 nitrogen and oxygen atoms in total. The molecule has 1 fully saturated rings. The van der Waals surface area contributed by atoms with Gasteiger partial charge in [-0.05, 0) is 13.3 Å². The van der Waals surface area contributed by atoms with E-state index in [4.69, 9.17) is 4.74 Å². The number of ether oxygens (including phenoxy) is 1. The van der Waals surface area contributed by atoms with Crippen LogP contribution in [0.1, 0.15) is 20.3 Å². The number of rotatable bonds is 5. The summed E-state index contributed by atoms with van der Waals surface area (Å²) in [5, 5.41) is 3.13. The molecule has 0 aromatic carbocycles. The summed E-state index contributed by atoms with van der Waals surface area (Å²) in [6.07, 6.45) is 0.987. The van der Waals surface area contributed by atoms with Crippen molar-refractivity contribution in [3.8, 4) is 0 Å². The fourth-order valence-electron chi connectivity index (χ4n) is 1.39. The van der Waals surface area contributed by atoms with Crippen LogP contribution in [0.4, 0.5) is 0 Å². The monoisotopic (exact) mass is 200 g/mol. The highest BCUT2D eigenvalue weighted by molar-refractivity contribution is 5.77. The van der Waals surface area contributed by atoms with Gasteiger partial charge in [0.1, 0.15) is 6.61 Å². The van der Waals surface area contributed by atoms with E-state index in [0.29, 0.717) is 0 Å². The minimum absolute atomic E-state index is 0.0694. The fraction of sp³-hybridized carbons (Fsp3) is 0.900. The van der Waals surface area contributed by atoms with Crippen LogP contribution in [0.2, 0.25) is 0 Å². The summed E-state index contributed by atoms with van der Waals surface area (Å²) in [7, 11) is 1.82. The van der Waals surface area contributed by atoms with Gasteiger partial charge in [-0.15, -0.1) is 0 Å². The van der Waals surface area contributed by atoms with Crippen LogP contribution in [-0.4, -0.2) is 49.7 Å². The van der Waals surface area contributed by atoms with Crippen LogP contribution in [-0.2, 0) is 9.53 Å². The summed E-state index contributed by atoms with van der Waals surface area (Å²) in [5.74, 6) is 0.0694. The lowest BCUT2D eigenvalue weighted by Gasteiger charge is -2.39. The number of likely N-dealkylation sites (N-methyl/N-ethyl adjacent to an activating group) is 1. The number of amides is 1. The molecule has 0 radical (unpaired) electrons. The Hall–Kier alpha value is -0.610. The van der Waals surface area contributed by atoms with Crippen LogP contribution in [0.15, 0.2) is 0 Å². The van der Waals surface area contributed by atoms with Crippen LogP contribution in [0.3, 0.4) is 0 Å². The van der Waals surface area contributed by atoms with E-state index >= 15 is 0 Å². The molecule has 4 heteroatoms. The SMILES string of the molecule is CCCN(C)C(=O)COC1(C)CNC1. The van der Waals surface area contributed by atoms with Gasteiger partial charge in [0.15, 0.2) is 0 Å². The quantitative estimate of drug-likeness (QED) is 0.691. The van der Waals surface area contributed by atoms with Crippen molar-refractivity contribution < 1.29 is 9.53 Å². The van der Waals surface area contributed by atoms with Crippen LogP contribution >= 0.6 is 0 Å². The van der Waals surface area contributed by atoms with Crippen molar-refractivity contribution in [1.29, 1.82) is 0 Å². The number of carbonyl (C=O) groups is 1. The zero-order valence-corrected chi connectivity index (χ0v) is 9.30. The number of nitrogens with zero attached hydrogens (tertiary/aromatic N) is 1. The lowest BCUT2D eigenvalue weighted by Crippen LogP contribution is -2.59. The second-order valence-corrected chi connectivity index (χ2v) is 4.16. The Kier molecular flexibility index (Phi) is 3.89. The molecule has 0 unspecified atom stereocenters. The highest BCUT2D eigenvalue weighted by atomic mass is 16.5. The molecule has 14 heavy (non-hydrogen) atoms. The van der Waals surface area contributed by atoms with Gasteiger partial charge in [0.2, 0.25) is 5.91 Å². The molecule has 1 heterocycles. The third-order valence-corrected chi connectivity index (χ3v) is 2.53. The van der Waals surface area contributed by atoms with E-state index in [9.17, 15) is 4.79 Å². The van der Waals surface area contributed by atoms with Crippen molar-refractivity contribution in [3.63, 3.8) is 0 Å². The molecule has 0 bridgehead atoms. The summed E-state index contributed by atoms with van der Waals surface area (Å²) in [5.41, 5.74) is -0.122. The lowest BCUT2D eigenvalue weighted by atomic mass is 10.0. The molecular weight excluding hydrogens is 180 g/mol. The summed E-state index contributed by atoms with van der Waals surface area (Å²) in [6, 6.07) is 0. The largest absolute Gasteiger partial charge is 0.363 e. The van der Waals surface area contributed by atoms with Gasteiger partial charge in [-0.3, -0.25) is 4.79 Å². The van der Waals surface area contributed by atoms with Crippen molar-refractivity contribution in [2.75, 3.05) is 33.3 Å². The zero-order valence-electron chi connectivity index (χ0n) is 9.30. The molecule has 0 spiro atoms. The normalized spacial score (nSPS) is 18.8. The average Bonchev–Trinajstić information content (AvgIpc) is 2.11. The van der Waals surface area contributed by atoms with E-state index in [2.05, 4.69) is 12.2 Å². The van der Waals surface area contributed by atoms with Gasteiger partial charge in [0, 0.05) is 26.7 Å². The number of hydrogen-bond acceptors (Lipinski definition) is 3. The molecule has 82 valence electrons. The summed E-state index contributed by atoms with van der Waals surface area (Å²) >= 11 is 0. The van der Waals surface area contributed by atoms with E-state index in [1.54, 1.807) is 4.90 Å². The van der Waals surface area contributed by atoms with Crippen LogP contribution in [0.5, 0.6) is 0 Å². The maximum Gasteiger partial charge on any atom is 0.248 e. The standard InChI is InChI=1S/C10H20N2O2/c1-4-5-12(3)9(13)6-14-10(2)7-11-8-10/h11H,4-8H2,1-3H3. The Labute approximate surface area is 85.6 Å². The Morgan fingerprint density at radius 2 is 2.21 bits per heavy atom. The third kappa shape index (κ3) is 2.96. The maximum atomic E-state index is 11.5. The Balaban J connectivity index is 2.20. The minimum Gasteiger partial charge on any atom is -0.363 e. The van der Waals surface area contributed by atoms with Gasteiger partial charge >= 0.3 is 0 Å². The van der Waals surface area contributed by atoms with E-state index in [0.717, 1.165) is 26.1 Å². The van der Waals surface area contributed by atoms with Crippen LogP contribution in [0.25, 0.3) is 0 Å². The Bertz CT molecular complexity index is 202. The molecule has 0 aromatic heterocycles. The molecule has 0 atom stereocenters. The van der Waals surface area contributed by atoms with Gasteiger partial charge in [-0.25, -0.2) is 0 Å². The predicted octanol–water partition coefficient (Wildman–Crippen LogP) is 0.233. The van der Waals surface area contributed by atoms with E-state index in [1.165, 1.54) is 0 Å². The van der Waals surface area contributed by atoms with Gasteiger partial charge in [0.25, 0.3) is 0 Å². The van der Waals surface area contributed by atoms with Crippen molar-refractivity contribution >= 4 is 5.91 Å². The first-order valence-electron chi connectivity index (χ1n) is 5.16. The zero-order chi connectivity index (χ0) is 10.6. The van der Waals surface area contributed by atoms with Crippen molar-refractivity contribution in [2.24, 2.45) is 0 Å². The smallest absolute Gasteiger partial charge is 0.248 e. The van der Waals surface area contributed by atoms with E-state index in [-0.39, 0.29) is 18.1 Å². The molecule has 0 saturated carbocycles. The first kappa shape index (κ1) is 11.5. The second-order valence-electron chi connectivity index (χ2n) is 4.16. The third-order valence-electron chi connectivity index (χ3n) is 2.53. The molecule has 1 amide bonds. The first-order chi connectivity index (χ1) is 6.57. The van der Waals surface area contributed by atoms with Gasteiger partial charge in [0.05, 0.1) is 5.60 Å². The molecule has 1 rings (SSSR count). The molecule has 0 aliphatic carbocycles. The minimum atomic E-state index is -0.122. The molecule has 1 saturated heterocycles. The summed E-state index contributed by atoms with van der Waals surface area (Å²) in [6.45, 7) is 6.78. The molecule has 1 N–H and O–H groups in total. The topological polar surface area (TPSA) is 41.6 Å². The number of hydrogen-bond donors (Lipinski definition) is 1. The Morgan fingerprint density at radius 1 is 1.57 bits per heavy atom. The molecule has 0 aromatic rings. The second kappa shape index (κ2) is 4.75. The average molecular weight is 200 g/mol. The van der Waals surface area contributed by atoms with E-state index < -0.39 is 0 Å². The highest BCUT2D eigenvalue weighted by Gasteiger charge is 2.33. The summed E-state index contributed by atoms with van der Waals surface area (Å²) < 4.78 is 5.54. The van der Waals surface area contributed by atoms with Gasteiger partial charge < -0.3 is 15.0 Å². The van der Waals surface area contributed by atoms with Crippen LogP contribution in [0, 0.1) is 0 Å². The number of carbonyl (C=O) groups excluding carboxylic acids is 1.